The Kier molecular flexibility index (Phi) is 7.09. The third kappa shape index (κ3) is 7.18. The second kappa shape index (κ2) is 7.34. The Morgan fingerprint density at radius 3 is 1.10 bits per heavy atom. The van der Waals surface area contributed by atoms with Gasteiger partial charge in [0.05, 0.1) is 14.2 Å². The molecular weight excluding hydrogens is 296 g/mol. The highest BCUT2D eigenvalue weighted by Crippen LogP contribution is 2.19. The molecule has 0 radical (unpaired) electrons. The van der Waals surface area contributed by atoms with Crippen LogP contribution in [-0.2, 0) is 27.9 Å². The molecule has 0 aromatic heterocycles. The van der Waals surface area contributed by atoms with Crippen LogP contribution in [0.5, 0.6) is 0 Å². The quantitative estimate of drug-likeness (QED) is 0.525. The van der Waals surface area contributed by atoms with E-state index >= 15 is 0 Å². The van der Waals surface area contributed by atoms with E-state index in [1.165, 1.54) is 14.2 Å². The molecule has 20 heavy (non-hydrogen) atoms. The molecule has 0 saturated heterocycles. The molecule has 0 N–H and O–H groups in total. The minimum atomic E-state index is -2.07. The molecule has 6 nitrogen and oxygen atoms in total. The first-order valence-corrected chi connectivity index (χ1v) is 13.2. The van der Waals surface area contributed by atoms with Crippen molar-refractivity contribution in [2.45, 2.75) is 51.5 Å². The molecular formula is C12H26O6Si2. The molecule has 0 saturated carbocycles. The zero-order valence-electron chi connectivity index (χ0n) is 13.6. The maximum atomic E-state index is 11.9. The van der Waals surface area contributed by atoms with E-state index in [1.54, 1.807) is 0 Å². The fourth-order valence-corrected chi connectivity index (χ4v) is 3.42. The highest BCUT2D eigenvalue weighted by Gasteiger charge is 2.42. The van der Waals surface area contributed by atoms with Crippen LogP contribution in [-0.4, -0.2) is 55.0 Å². The van der Waals surface area contributed by atoms with Gasteiger partial charge in [-0.15, -0.1) is 0 Å². The summed E-state index contributed by atoms with van der Waals surface area (Å²) in [6.45, 7) is 11.5. The summed E-state index contributed by atoms with van der Waals surface area (Å²) in [5.41, 5.74) is 0. The molecule has 0 aromatic carbocycles. The van der Waals surface area contributed by atoms with Crippen LogP contribution in [0.15, 0.2) is 0 Å². The van der Waals surface area contributed by atoms with Crippen LogP contribution in [0, 0.1) is 0 Å². The first kappa shape index (κ1) is 19.3. The Morgan fingerprint density at radius 1 is 0.700 bits per heavy atom. The zero-order valence-corrected chi connectivity index (χ0v) is 15.6. The summed E-state index contributed by atoms with van der Waals surface area (Å²) in [5.74, 6) is -1.25. The fourth-order valence-electron chi connectivity index (χ4n) is 1.46. The molecule has 0 aromatic rings. The Balaban J connectivity index is 5.39. The summed E-state index contributed by atoms with van der Waals surface area (Å²) in [5, 5.41) is 0. The molecule has 0 aliphatic heterocycles. The van der Waals surface area contributed by atoms with Gasteiger partial charge in [0, 0.05) is 0 Å². The molecule has 0 bridgehead atoms. The normalized spacial score (nSPS) is 15.4. The minimum Gasteiger partial charge on any atom is -0.467 e. The Morgan fingerprint density at radius 2 is 0.950 bits per heavy atom. The van der Waals surface area contributed by atoms with Crippen molar-refractivity contribution in [2.24, 2.45) is 0 Å². The molecule has 8 heteroatoms. The van der Waals surface area contributed by atoms with Gasteiger partial charge >= 0.3 is 11.9 Å². The molecule has 2 unspecified atom stereocenters. The van der Waals surface area contributed by atoms with Gasteiger partial charge in [-0.25, -0.2) is 9.59 Å². The van der Waals surface area contributed by atoms with Crippen molar-refractivity contribution in [1.82, 2.24) is 0 Å². The number of carbonyl (C=O) groups is 2. The van der Waals surface area contributed by atoms with Crippen LogP contribution in [0.25, 0.3) is 0 Å². The number of hydrogen-bond donors (Lipinski definition) is 0. The van der Waals surface area contributed by atoms with Crippen molar-refractivity contribution in [3.05, 3.63) is 0 Å². The largest absolute Gasteiger partial charge is 0.467 e. The van der Waals surface area contributed by atoms with E-state index in [9.17, 15) is 9.59 Å². The van der Waals surface area contributed by atoms with E-state index in [1.807, 2.05) is 39.3 Å². The fraction of sp³-hybridized carbons (Fsp3) is 0.833. The molecule has 0 fully saturated rings. The molecule has 0 aliphatic carbocycles. The molecule has 0 rings (SSSR count). The molecule has 118 valence electrons. The van der Waals surface area contributed by atoms with Crippen LogP contribution < -0.4 is 0 Å². The average molecular weight is 323 g/mol. The predicted octanol–water partition coefficient (Wildman–Crippen LogP) is 1.77. The molecule has 2 atom stereocenters. The number of hydrogen-bond acceptors (Lipinski definition) is 6. The lowest BCUT2D eigenvalue weighted by atomic mass is 10.2. The van der Waals surface area contributed by atoms with Gasteiger partial charge in [-0.1, -0.05) is 0 Å². The van der Waals surface area contributed by atoms with E-state index in [2.05, 4.69) is 0 Å². The second-order valence-corrected chi connectivity index (χ2v) is 15.3. The van der Waals surface area contributed by atoms with Gasteiger partial charge in [0.15, 0.2) is 28.8 Å². The number of esters is 2. The van der Waals surface area contributed by atoms with E-state index in [0.717, 1.165) is 0 Å². The monoisotopic (exact) mass is 322 g/mol. The van der Waals surface area contributed by atoms with Crippen molar-refractivity contribution in [2.75, 3.05) is 14.2 Å². The third-order valence-corrected chi connectivity index (χ3v) is 4.03. The lowest BCUT2D eigenvalue weighted by molar-refractivity contribution is -0.166. The van der Waals surface area contributed by atoms with Crippen molar-refractivity contribution in [1.29, 1.82) is 0 Å². The molecule has 0 spiro atoms. The highest BCUT2D eigenvalue weighted by molar-refractivity contribution is 6.70. The van der Waals surface area contributed by atoms with E-state index in [-0.39, 0.29) is 0 Å². The Labute approximate surface area is 123 Å². The van der Waals surface area contributed by atoms with E-state index in [0.29, 0.717) is 0 Å². The lowest BCUT2D eigenvalue weighted by Gasteiger charge is -2.32. The van der Waals surface area contributed by atoms with Crippen molar-refractivity contribution >= 4 is 28.6 Å². The van der Waals surface area contributed by atoms with Crippen LogP contribution >= 0.6 is 0 Å². The first-order valence-electron chi connectivity index (χ1n) is 6.42. The topological polar surface area (TPSA) is 71.1 Å². The van der Waals surface area contributed by atoms with Gasteiger partial charge in [0.2, 0.25) is 0 Å². The Bertz CT molecular complexity index is 311. The average Bonchev–Trinajstić information content (AvgIpc) is 2.29. The smallest absolute Gasteiger partial charge is 0.337 e. The van der Waals surface area contributed by atoms with E-state index in [4.69, 9.17) is 18.3 Å². The van der Waals surface area contributed by atoms with Crippen LogP contribution in [0.4, 0.5) is 0 Å². The second-order valence-electron chi connectivity index (χ2n) is 6.35. The van der Waals surface area contributed by atoms with Gasteiger partial charge in [-0.2, -0.15) is 0 Å². The lowest BCUT2D eigenvalue weighted by Crippen LogP contribution is -2.52. The van der Waals surface area contributed by atoms with Crippen LogP contribution in [0.2, 0.25) is 39.3 Å². The van der Waals surface area contributed by atoms with Crippen molar-refractivity contribution < 1.29 is 27.9 Å². The van der Waals surface area contributed by atoms with Crippen molar-refractivity contribution in [3.8, 4) is 0 Å². The highest BCUT2D eigenvalue weighted by atomic mass is 28.4. The van der Waals surface area contributed by atoms with Gasteiger partial charge < -0.3 is 18.3 Å². The standard InChI is InChI=1S/C12H26O6Si2/c1-15-11(13)9(17-19(3,4)5)10(12(14)16-2)18-20(6,7)8/h9-10H,1-8H3. The number of carbonyl (C=O) groups excluding carboxylic acids is 2. The number of rotatable bonds is 7. The Hall–Kier alpha value is -0.706. The SMILES string of the molecule is COC(=O)C(O[Si](C)(C)C)C(O[Si](C)(C)C)C(=O)OC. The third-order valence-electron chi connectivity index (χ3n) is 2.10. The zero-order chi connectivity index (χ0) is 16.1. The summed E-state index contributed by atoms with van der Waals surface area (Å²) in [6.07, 6.45) is -2.18. The van der Waals surface area contributed by atoms with Gasteiger partial charge in [-0.3, -0.25) is 0 Å². The summed E-state index contributed by atoms with van der Waals surface area (Å²) in [6, 6.07) is 0. The minimum absolute atomic E-state index is 0.624. The summed E-state index contributed by atoms with van der Waals surface area (Å²) in [4.78, 5) is 23.9. The predicted molar refractivity (Wildman–Crippen MR) is 80.5 cm³/mol. The summed E-state index contributed by atoms with van der Waals surface area (Å²) in [7, 11) is -1.63. The summed E-state index contributed by atoms with van der Waals surface area (Å²) >= 11 is 0. The first-order chi connectivity index (χ1) is 8.91. The molecule has 0 amide bonds. The van der Waals surface area contributed by atoms with Gasteiger partial charge in [0.1, 0.15) is 0 Å². The number of ether oxygens (including phenoxy) is 2. The number of methoxy groups -OCH3 is 2. The molecule has 0 heterocycles. The maximum absolute atomic E-state index is 11.9. The summed E-state index contributed by atoms with van der Waals surface area (Å²) < 4.78 is 21.0. The van der Waals surface area contributed by atoms with Gasteiger partial charge in [-0.05, 0) is 39.3 Å². The van der Waals surface area contributed by atoms with Gasteiger partial charge in [0.25, 0.3) is 0 Å². The van der Waals surface area contributed by atoms with Crippen molar-refractivity contribution in [3.63, 3.8) is 0 Å². The maximum Gasteiger partial charge on any atom is 0.337 e. The molecule has 0 aliphatic rings. The van der Waals surface area contributed by atoms with Crippen LogP contribution in [0.3, 0.4) is 0 Å². The van der Waals surface area contributed by atoms with Crippen LogP contribution in [0.1, 0.15) is 0 Å². The van der Waals surface area contributed by atoms with E-state index < -0.39 is 40.8 Å².